The van der Waals surface area contributed by atoms with Crippen molar-refractivity contribution in [2.45, 2.75) is 57.3 Å². The molecule has 2 bridgehead atoms. The molecule has 1 aliphatic heterocycles. The van der Waals surface area contributed by atoms with Crippen LogP contribution in [0.15, 0.2) is 22.9 Å². The summed E-state index contributed by atoms with van der Waals surface area (Å²) in [6.07, 6.45) is -0.852. The molecule has 1 N–H and O–H groups in total. The Morgan fingerprint density at radius 1 is 1.29 bits per heavy atom. The average molecular weight is 493 g/mol. The van der Waals surface area contributed by atoms with Gasteiger partial charge in [0.15, 0.2) is 5.82 Å². The van der Waals surface area contributed by atoms with E-state index in [1.807, 2.05) is 0 Å². The van der Waals surface area contributed by atoms with E-state index in [0.29, 0.717) is 36.6 Å². The van der Waals surface area contributed by atoms with Crippen LogP contribution in [0.25, 0.3) is 11.4 Å². The van der Waals surface area contributed by atoms with E-state index in [2.05, 4.69) is 32.5 Å². The quantitative estimate of drug-likeness (QED) is 0.533. The number of alkyl halides is 3. The smallest absolute Gasteiger partial charge is 0.417 e. The maximum absolute atomic E-state index is 14.9. The monoisotopic (exact) mass is 493 g/mol. The van der Waals surface area contributed by atoms with Gasteiger partial charge in [0.05, 0.1) is 11.3 Å². The van der Waals surface area contributed by atoms with Crippen LogP contribution in [0.2, 0.25) is 0 Å². The number of aryl methyl sites for hydroxylation is 2. The van der Waals surface area contributed by atoms with Gasteiger partial charge in [0.2, 0.25) is 11.8 Å². The van der Waals surface area contributed by atoms with Crippen LogP contribution in [-0.2, 0) is 18.8 Å². The first-order valence-corrected chi connectivity index (χ1v) is 11.2. The molecule has 2 aromatic heterocycles. The number of carbonyl (C=O) groups is 1. The Morgan fingerprint density at radius 3 is 2.69 bits per heavy atom. The minimum absolute atomic E-state index is 0.144. The predicted molar refractivity (Wildman–Crippen MR) is 114 cm³/mol. The topological polar surface area (TPSA) is 102 Å². The number of halogens is 4. The van der Waals surface area contributed by atoms with Gasteiger partial charge in [-0.05, 0) is 37.3 Å². The van der Waals surface area contributed by atoms with Gasteiger partial charge in [-0.15, -0.1) is 10.2 Å². The second kappa shape index (κ2) is 8.02. The van der Waals surface area contributed by atoms with Gasteiger partial charge >= 0.3 is 12.2 Å². The summed E-state index contributed by atoms with van der Waals surface area (Å²) in [6.45, 7) is 3.74. The molecule has 1 aromatic carbocycles. The summed E-state index contributed by atoms with van der Waals surface area (Å²) in [6, 6.07) is 0.476. The van der Waals surface area contributed by atoms with E-state index < -0.39 is 40.4 Å². The molecule has 13 heteroatoms. The molecule has 0 spiro atoms. The lowest BCUT2D eigenvalue weighted by molar-refractivity contribution is -0.137. The predicted octanol–water partition coefficient (Wildman–Crippen LogP) is 4.65. The fourth-order valence-electron chi connectivity index (χ4n) is 5.16. The number of nitrogens with one attached hydrogen (secondary N) is 1. The largest absolute Gasteiger partial charge is 0.423 e. The molecule has 3 aromatic rings. The number of fused-ring (bicyclic) bond motifs is 2. The summed E-state index contributed by atoms with van der Waals surface area (Å²) >= 11 is 0. The Labute approximate surface area is 197 Å². The molecule has 2 fully saturated rings. The van der Waals surface area contributed by atoms with Crippen molar-refractivity contribution in [3.8, 4) is 11.4 Å². The van der Waals surface area contributed by atoms with Gasteiger partial charge < -0.3 is 14.6 Å². The van der Waals surface area contributed by atoms with Crippen LogP contribution in [-0.4, -0.2) is 41.9 Å². The Hall–Kier alpha value is -3.51. The third-order valence-corrected chi connectivity index (χ3v) is 6.76. The number of urea groups is 1. The van der Waals surface area contributed by atoms with E-state index in [1.165, 1.54) is 18.1 Å². The molecule has 1 saturated heterocycles. The van der Waals surface area contributed by atoms with Crippen molar-refractivity contribution in [1.82, 2.24) is 29.9 Å². The minimum atomic E-state index is -4.85. The lowest BCUT2D eigenvalue weighted by atomic mass is 9.76. The Kier molecular flexibility index (Phi) is 5.33. The molecule has 5 rings (SSSR count). The van der Waals surface area contributed by atoms with Crippen molar-refractivity contribution < 1.29 is 26.8 Å². The number of benzene rings is 1. The van der Waals surface area contributed by atoms with Gasteiger partial charge in [0.1, 0.15) is 17.7 Å². The van der Waals surface area contributed by atoms with Crippen molar-refractivity contribution in [1.29, 1.82) is 0 Å². The van der Waals surface area contributed by atoms with Gasteiger partial charge in [0, 0.05) is 32.0 Å². The van der Waals surface area contributed by atoms with Gasteiger partial charge in [-0.1, -0.05) is 6.92 Å². The van der Waals surface area contributed by atoms with E-state index in [9.17, 15) is 22.4 Å². The lowest BCUT2D eigenvalue weighted by Crippen LogP contribution is -2.66. The van der Waals surface area contributed by atoms with Crippen LogP contribution in [0.3, 0.4) is 0 Å². The average Bonchev–Trinajstić information content (AvgIpc) is 3.31. The van der Waals surface area contributed by atoms with E-state index in [4.69, 9.17) is 4.42 Å². The number of likely N-dealkylation sites (tertiary alicyclic amines) is 1. The first-order valence-electron chi connectivity index (χ1n) is 11.2. The zero-order chi connectivity index (χ0) is 25.1. The zero-order valence-electron chi connectivity index (χ0n) is 19.2. The summed E-state index contributed by atoms with van der Waals surface area (Å²) in [5, 5.41) is 14.4. The van der Waals surface area contributed by atoms with Gasteiger partial charge in [-0.3, -0.25) is 4.68 Å². The molecule has 35 heavy (non-hydrogen) atoms. The van der Waals surface area contributed by atoms with Crippen molar-refractivity contribution >= 4 is 11.7 Å². The van der Waals surface area contributed by atoms with Crippen LogP contribution in [0.4, 0.5) is 28.0 Å². The van der Waals surface area contributed by atoms with Crippen molar-refractivity contribution in [2.75, 3.05) is 5.32 Å². The van der Waals surface area contributed by atoms with Crippen LogP contribution in [0.1, 0.15) is 50.0 Å². The third-order valence-electron chi connectivity index (χ3n) is 6.76. The highest BCUT2D eigenvalue weighted by atomic mass is 19.4. The molecule has 1 saturated carbocycles. The van der Waals surface area contributed by atoms with E-state index in [-0.39, 0.29) is 11.9 Å². The number of hydrogen-bond donors (Lipinski definition) is 1. The number of carbonyl (C=O) groups excluding carboxylic acids is 1. The van der Waals surface area contributed by atoms with Crippen molar-refractivity contribution in [3.63, 3.8) is 0 Å². The molecule has 186 valence electrons. The molecule has 2 amide bonds. The fraction of sp³-hybridized carbons (Fsp3) is 0.500. The molecule has 3 heterocycles. The van der Waals surface area contributed by atoms with E-state index in [1.54, 1.807) is 11.8 Å². The molecule has 9 nitrogen and oxygen atoms in total. The van der Waals surface area contributed by atoms with Crippen LogP contribution in [0.5, 0.6) is 0 Å². The molecular weight excluding hydrogens is 470 g/mol. The summed E-state index contributed by atoms with van der Waals surface area (Å²) in [5.74, 6) is -0.448. The molecule has 0 radical (unpaired) electrons. The summed E-state index contributed by atoms with van der Waals surface area (Å²) in [5.41, 5.74) is -2.91. The minimum Gasteiger partial charge on any atom is -0.423 e. The number of amides is 2. The fourth-order valence-corrected chi connectivity index (χ4v) is 5.16. The van der Waals surface area contributed by atoms with E-state index >= 15 is 0 Å². The second-order valence-electron chi connectivity index (χ2n) is 9.31. The highest BCUT2D eigenvalue weighted by Crippen LogP contribution is 2.53. The lowest BCUT2D eigenvalue weighted by Gasteiger charge is -2.54. The van der Waals surface area contributed by atoms with Crippen LogP contribution < -0.4 is 5.32 Å². The number of aromatic nitrogens is 5. The summed E-state index contributed by atoms with van der Waals surface area (Å²) in [7, 11) is 1.50. The number of rotatable bonds is 3. The van der Waals surface area contributed by atoms with E-state index in [0.717, 1.165) is 18.9 Å². The van der Waals surface area contributed by atoms with Crippen LogP contribution in [0, 0.1) is 18.7 Å². The van der Waals surface area contributed by atoms with Crippen LogP contribution >= 0.6 is 0 Å². The molecule has 0 unspecified atom stereocenters. The van der Waals surface area contributed by atoms with Gasteiger partial charge in [-0.25, -0.2) is 14.2 Å². The zero-order valence-corrected chi connectivity index (χ0v) is 19.2. The third kappa shape index (κ3) is 3.92. The maximum atomic E-state index is 14.9. The number of anilines is 1. The Balaban J connectivity index is 1.51. The summed E-state index contributed by atoms with van der Waals surface area (Å²) < 4.78 is 62.7. The van der Waals surface area contributed by atoms with Gasteiger partial charge in [-0.2, -0.15) is 18.3 Å². The van der Waals surface area contributed by atoms with Crippen molar-refractivity contribution in [3.05, 3.63) is 41.6 Å². The molecular formula is C22H23F4N7O2. The molecule has 2 aliphatic rings. The Bertz CT molecular complexity index is 1290. The highest BCUT2D eigenvalue weighted by molar-refractivity contribution is 5.92. The highest BCUT2D eigenvalue weighted by Gasteiger charge is 2.60. The normalized spacial score (nSPS) is 24.1. The standard InChI is InChI=1S/C22H23F4N7O2/c1-11-4-5-21(19-30-29-12(2)35-19)9-13(6-11)33(21)20(34)28-17-7-14(18-27-10-32(3)31-18)15(8-16(17)23)22(24,25)26/h7-8,10-11,13H,4-6,9H2,1-3H3,(H,28,34)/t11-,13+,21-/m0/s1. The number of hydrogen-bond acceptors (Lipinski definition) is 6. The number of nitrogens with zero attached hydrogens (tertiary/aromatic N) is 6. The second-order valence-corrected chi connectivity index (χ2v) is 9.31. The maximum Gasteiger partial charge on any atom is 0.417 e. The first kappa shape index (κ1) is 23.2. The molecule has 1 aliphatic carbocycles. The SMILES string of the molecule is Cc1nnc([C@]23CC[C@H](C)C[C@H](C2)N3C(=O)Nc2cc(-c3ncn(C)n3)c(C(F)(F)F)cc2F)o1. The van der Waals surface area contributed by atoms with Gasteiger partial charge in [0.25, 0.3) is 0 Å². The Morgan fingerprint density at radius 2 is 2.06 bits per heavy atom. The van der Waals surface area contributed by atoms with Crippen molar-refractivity contribution in [2.24, 2.45) is 13.0 Å². The first-order chi connectivity index (χ1) is 16.5. The summed E-state index contributed by atoms with van der Waals surface area (Å²) in [4.78, 5) is 18.9. The molecule has 3 atom stereocenters.